The van der Waals surface area contributed by atoms with Gasteiger partial charge in [0.15, 0.2) is 0 Å². The Bertz CT molecular complexity index is 670. The molecule has 0 fully saturated rings. The highest BCUT2D eigenvalue weighted by Gasteiger charge is 2.17. The molecule has 22 heavy (non-hydrogen) atoms. The fourth-order valence-corrected chi connectivity index (χ4v) is 2.41. The number of H-pyrrole nitrogens is 1. The van der Waals surface area contributed by atoms with Gasteiger partial charge in [-0.1, -0.05) is 0 Å². The van der Waals surface area contributed by atoms with E-state index < -0.39 is 5.97 Å². The molecule has 0 atom stereocenters. The second kappa shape index (κ2) is 7.31. The molecule has 0 saturated heterocycles. The molecule has 7 heteroatoms. The van der Waals surface area contributed by atoms with E-state index in [4.69, 9.17) is 9.47 Å². The minimum atomic E-state index is -0.471. The van der Waals surface area contributed by atoms with Crippen molar-refractivity contribution in [2.45, 2.75) is 13.8 Å². The molecule has 0 aliphatic heterocycles. The summed E-state index contributed by atoms with van der Waals surface area (Å²) in [5.74, 6) is 0.859. The van der Waals surface area contributed by atoms with Gasteiger partial charge in [0.2, 0.25) is 0 Å². The normalized spacial score (nSPS) is 10.4. The van der Waals surface area contributed by atoms with Gasteiger partial charge in [0.25, 0.3) is 0 Å². The van der Waals surface area contributed by atoms with Crippen molar-refractivity contribution in [1.29, 1.82) is 0 Å². The zero-order valence-electron chi connectivity index (χ0n) is 12.6. The minimum Gasteiger partial charge on any atom is -0.493 e. The van der Waals surface area contributed by atoms with Crippen LogP contribution in [0.3, 0.4) is 0 Å². The van der Waals surface area contributed by atoms with E-state index in [9.17, 15) is 4.79 Å². The Labute approximate surface area is 136 Å². The van der Waals surface area contributed by atoms with E-state index >= 15 is 0 Å². The van der Waals surface area contributed by atoms with Crippen molar-refractivity contribution in [1.82, 2.24) is 10.2 Å². The zero-order chi connectivity index (χ0) is 16.1. The average molecular weight is 369 g/mol. The predicted molar refractivity (Wildman–Crippen MR) is 85.4 cm³/mol. The Hall–Kier alpha value is -2.02. The van der Waals surface area contributed by atoms with Crippen LogP contribution < -0.4 is 9.47 Å². The number of aromatic amines is 1. The van der Waals surface area contributed by atoms with Gasteiger partial charge in [-0.15, -0.1) is 0 Å². The van der Waals surface area contributed by atoms with Gasteiger partial charge in [0.1, 0.15) is 17.2 Å². The van der Waals surface area contributed by atoms with Crippen LogP contribution in [0.25, 0.3) is 11.3 Å². The molecule has 0 spiro atoms. The Morgan fingerprint density at radius 1 is 1.18 bits per heavy atom. The predicted octanol–water partition coefficient (Wildman–Crippen LogP) is 3.42. The number of carbonyl (C=O) groups is 1. The van der Waals surface area contributed by atoms with Crippen molar-refractivity contribution in [2.75, 3.05) is 20.3 Å². The van der Waals surface area contributed by atoms with Gasteiger partial charge < -0.3 is 14.2 Å². The number of hydrogen-bond donors (Lipinski definition) is 1. The monoisotopic (exact) mass is 368 g/mol. The average Bonchev–Trinajstić information content (AvgIpc) is 2.99. The largest absolute Gasteiger partial charge is 0.493 e. The summed E-state index contributed by atoms with van der Waals surface area (Å²) in [7, 11) is 1.32. The molecule has 1 aromatic carbocycles. The van der Waals surface area contributed by atoms with E-state index in [-0.39, 0.29) is 5.69 Å². The maximum absolute atomic E-state index is 11.5. The Kier molecular flexibility index (Phi) is 5.43. The molecule has 0 unspecified atom stereocenters. The number of carbonyl (C=O) groups excluding carboxylic acids is 1. The van der Waals surface area contributed by atoms with Crippen LogP contribution in [0.2, 0.25) is 0 Å². The zero-order valence-corrected chi connectivity index (χ0v) is 14.2. The third kappa shape index (κ3) is 3.41. The first-order valence-electron chi connectivity index (χ1n) is 6.83. The summed E-state index contributed by atoms with van der Waals surface area (Å²) in [6.45, 7) is 4.88. The van der Waals surface area contributed by atoms with Crippen molar-refractivity contribution in [3.8, 4) is 22.8 Å². The van der Waals surface area contributed by atoms with Crippen LogP contribution in [0, 0.1) is 0 Å². The molecule has 0 bridgehead atoms. The molecule has 0 radical (unpaired) electrons. The van der Waals surface area contributed by atoms with Crippen LogP contribution in [-0.2, 0) is 4.74 Å². The lowest BCUT2D eigenvalue weighted by molar-refractivity contribution is 0.0594. The fraction of sp³-hybridized carbons (Fsp3) is 0.333. The summed E-state index contributed by atoms with van der Waals surface area (Å²) in [5, 5.41) is 6.80. The first-order valence-corrected chi connectivity index (χ1v) is 7.63. The second-order valence-electron chi connectivity index (χ2n) is 4.30. The van der Waals surface area contributed by atoms with Crippen molar-refractivity contribution < 1.29 is 19.0 Å². The molecule has 2 rings (SSSR count). The molecule has 1 N–H and O–H groups in total. The molecule has 1 aromatic heterocycles. The van der Waals surface area contributed by atoms with E-state index in [1.807, 2.05) is 19.9 Å². The van der Waals surface area contributed by atoms with Gasteiger partial charge in [0.05, 0.1) is 30.5 Å². The summed E-state index contributed by atoms with van der Waals surface area (Å²) in [5.41, 5.74) is 1.63. The van der Waals surface area contributed by atoms with E-state index in [2.05, 4.69) is 30.9 Å². The van der Waals surface area contributed by atoms with Gasteiger partial charge in [-0.2, -0.15) is 5.10 Å². The minimum absolute atomic E-state index is 0.282. The number of ether oxygens (including phenoxy) is 3. The quantitative estimate of drug-likeness (QED) is 0.790. The molecule has 0 saturated carbocycles. The van der Waals surface area contributed by atoms with Crippen LogP contribution in [0.15, 0.2) is 22.7 Å². The van der Waals surface area contributed by atoms with Gasteiger partial charge in [0, 0.05) is 11.6 Å². The highest BCUT2D eigenvalue weighted by Crippen LogP contribution is 2.38. The molecule has 0 amide bonds. The number of rotatable bonds is 6. The van der Waals surface area contributed by atoms with E-state index in [1.54, 1.807) is 12.1 Å². The van der Waals surface area contributed by atoms with Gasteiger partial charge in [-0.3, -0.25) is 5.10 Å². The van der Waals surface area contributed by atoms with Crippen LogP contribution in [0.5, 0.6) is 11.5 Å². The number of methoxy groups -OCH3 is 1. The van der Waals surface area contributed by atoms with E-state index in [1.165, 1.54) is 7.11 Å². The highest BCUT2D eigenvalue weighted by atomic mass is 79.9. The lowest BCUT2D eigenvalue weighted by Crippen LogP contribution is -2.00. The number of benzene rings is 1. The lowest BCUT2D eigenvalue weighted by Gasteiger charge is -2.13. The van der Waals surface area contributed by atoms with Gasteiger partial charge in [-0.25, -0.2) is 4.79 Å². The molecule has 6 nitrogen and oxygen atoms in total. The summed E-state index contributed by atoms with van der Waals surface area (Å²) < 4.78 is 16.7. The van der Waals surface area contributed by atoms with Crippen LogP contribution >= 0.6 is 15.9 Å². The number of nitrogens with one attached hydrogen (secondary N) is 1. The molecular formula is C15H17BrN2O4. The smallest absolute Gasteiger partial charge is 0.356 e. The fourth-order valence-electron chi connectivity index (χ4n) is 1.95. The standard InChI is InChI=1S/C15H17BrN2O4/c1-4-21-13-8-14(22-5-2)10(16)6-9(13)11-7-12(18-17-11)15(19)20-3/h6-8H,4-5H2,1-3H3,(H,17,18). The number of esters is 1. The summed E-state index contributed by atoms with van der Waals surface area (Å²) in [6, 6.07) is 5.28. The molecule has 1 heterocycles. The van der Waals surface area contributed by atoms with Crippen LogP contribution in [0.1, 0.15) is 24.3 Å². The number of hydrogen-bond acceptors (Lipinski definition) is 5. The maximum atomic E-state index is 11.5. The summed E-state index contributed by atoms with van der Waals surface area (Å²) in [4.78, 5) is 11.5. The van der Waals surface area contributed by atoms with Crippen molar-refractivity contribution in [3.63, 3.8) is 0 Å². The molecule has 118 valence electrons. The topological polar surface area (TPSA) is 73.4 Å². The Balaban J connectivity index is 2.46. The molecular weight excluding hydrogens is 352 g/mol. The second-order valence-corrected chi connectivity index (χ2v) is 5.16. The first-order chi connectivity index (χ1) is 10.6. The van der Waals surface area contributed by atoms with Crippen LogP contribution in [-0.4, -0.2) is 36.5 Å². The number of halogens is 1. The third-order valence-electron chi connectivity index (χ3n) is 2.89. The Morgan fingerprint density at radius 3 is 2.50 bits per heavy atom. The summed E-state index contributed by atoms with van der Waals surface area (Å²) >= 11 is 3.47. The van der Waals surface area contributed by atoms with Crippen LogP contribution in [0.4, 0.5) is 0 Å². The lowest BCUT2D eigenvalue weighted by atomic mass is 10.1. The van der Waals surface area contributed by atoms with E-state index in [0.717, 1.165) is 10.0 Å². The number of aromatic nitrogens is 2. The van der Waals surface area contributed by atoms with Gasteiger partial charge >= 0.3 is 5.97 Å². The molecule has 2 aromatic rings. The van der Waals surface area contributed by atoms with Crippen molar-refractivity contribution in [3.05, 3.63) is 28.4 Å². The van der Waals surface area contributed by atoms with Crippen molar-refractivity contribution in [2.24, 2.45) is 0 Å². The molecule has 0 aliphatic carbocycles. The summed E-state index contributed by atoms with van der Waals surface area (Å²) in [6.07, 6.45) is 0. The highest BCUT2D eigenvalue weighted by molar-refractivity contribution is 9.10. The third-order valence-corrected chi connectivity index (χ3v) is 3.51. The van der Waals surface area contributed by atoms with E-state index in [0.29, 0.717) is 30.4 Å². The SMILES string of the molecule is CCOc1cc(OCC)c(-c2cc(C(=O)OC)[nH]n2)cc1Br. The first kappa shape index (κ1) is 16.4. The molecule has 0 aliphatic rings. The Morgan fingerprint density at radius 2 is 1.86 bits per heavy atom. The maximum Gasteiger partial charge on any atom is 0.356 e. The number of nitrogens with zero attached hydrogens (tertiary/aromatic N) is 1. The van der Waals surface area contributed by atoms with Gasteiger partial charge in [-0.05, 0) is 41.9 Å². The van der Waals surface area contributed by atoms with Crippen molar-refractivity contribution >= 4 is 21.9 Å².